The summed E-state index contributed by atoms with van der Waals surface area (Å²) in [5.74, 6) is 1.63. The second-order valence-electron chi connectivity index (χ2n) is 3.24. The minimum Gasteiger partial charge on any atom is -0.323 e. The monoisotopic (exact) mass is 242 g/mol. The fourth-order valence-electron chi connectivity index (χ4n) is 1.35. The molecule has 3 nitrogen and oxygen atoms in total. The first-order valence-electron chi connectivity index (χ1n) is 4.64. The van der Waals surface area contributed by atoms with Gasteiger partial charge < -0.3 is 5.32 Å². The fourth-order valence-corrected chi connectivity index (χ4v) is 2.47. The number of nitrogens with one attached hydrogen (secondary N) is 2. The molecular formula is C10H11ClN2OS. The number of halogens is 1. The summed E-state index contributed by atoms with van der Waals surface area (Å²) < 4.78 is 0. The third-order valence-corrected chi connectivity index (χ3v) is 3.43. The van der Waals surface area contributed by atoms with E-state index in [9.17, 15) is 4.79 Å². The lowest BCUT2D eigenvalue weighted by Crippen LogP contribution is -2.37. The van der Waals surface area contributed by atoms with Gasteiger partial charge in [-0.25, -0.2) is 0 Å². The Bertz CT molecular complexity index is 366. The Balaban J connectivity index is 2.02. The summed E-state index contributed by atoms with van der Waals surface area (Å²) in [6.45, 7) is 0. The number of hydrogen-bond acceptors (Lipinski definition) is 3. The van der Waals surface area contributed by atoms with E-state index in [-0.39, 0.29) is 11.9 Å². The second-order valence-corrected chi connectivity index (χ2v) is 4.68. The standard InChI is InChI=1S/C10H11ClN2OS/c11-7-3-1-2-4-8(7)13-10(14)9-5-15-6-12-9/h1-4,9,12H,5-6H2,(H,13,14)/t9-/m1/s1. The number of amides is 1. The summed E-state index contributed by atoms with van der Waals surface area (Å²) in [6, 6.07) is 7.13. The number of hydrogen-bond donors (Lipinski definition) is 2. The minimum absolute atomic E-state index is 0.0203. The molecule has 1 aromatic rings. The smallest absolute Gasteiger partial charge is 0.242 e. The molecule has 1 fully saturated rings. The molecule has 80 valence electrons. The highest BCUT2D eigenvalue weighted by molar-refractivity contribution is 7.99. The molecule has 1 aromatic carbocycles. The van der Waals surface area contributed by atoms with E-state index < -0.39 is 0 Å². The molecule has 0 saturated carbocycles. The van der Waals surface area contributed by atoms with Crippen LogP contribution in [0.15, 0.2) is 24.3 Å². The molecule has 1 atom stereocenters. The van der Waals surface area contributed by atoms with Crippen LogP contribution in [0.5, 0.6) is 0 Å². The van der Waals surface area contributed by atoms with E-state index >= 15 is 0 Å². The van der Waals surface area contributed by atoms with E-state index in [2.05, 4.69) is 10.6 Å². The van der Waals surface area contributed by atoms with E-state index in [1.165, 1.54) is 0 Å². The van der Waals surface area contributed by atoms with Crippen LogP contribution >= 0.6 is 23.4 Å². The Labute approximate surface area is 97.6 Å². The van der Waals surface area contributed by atoms with E-state index in [0.717, 1.165) is 11.6 Å². The predicted molar refractivity (Wildman–Crippen MR) is 64.3 cm³/mol. The maximum Gasteiger partial charge on any atom is 0.242 e. The number of carbonyl (C=O) groups excluding carboxylic acids is 1. The summed E-state index contributed by atoms with van der Waals surface area (Å²) in [7, 11) is 0. The van der Waals surface area contributed by atoms with Crippen molar-refractivity contribution >= 4 is 35.0 Å². The first-order valence-corrected chi connectivity index (χ1v) is 6.17. The Kier molecular flexibility index (Phi) is 3.51. The zero-order valence-electron chi connectivity index (χ0n) is 8.00. The SMILES string of the molecule is O=C(Nc1ccccc1Cl)[C@H]1CSCN1. The molecule has 1 aliphatic rings. The lowest BCUT2D eigenvalue weighted by molar-refractivity contribution is -0.117. The Morgan fingerprint density at radius 2 is 2.33 bits per heavy atom. The van der Waals surface area contributed by atoms with Crippen molar-refractivity contribution in [3.63, 3.8) is 0 Å². The largest absolute Gasteiger partial charge is 0.323 e. The average Bonchev–Trinajstić information content (AvgIpc) is 2.74. The van der Waals surface area contributed by atoms with Crippen LogP contribution in [0.4, 0.5) is 5.69 Å². The zero-order valence-corrected chi connectivity index (χ0v) is 9.57. The van der Waals surface area contributed by atoms with Gasteiger partial charge in [0.1, 0.15) is 0 Å². The van der Waals surface area contributed by atoms with Gasteiger partial charge in [0.05, 0.1) is 16.8 Å². The topological polar surface area (TPSA) is 41.1 Å². The van der Waals surface area contributed by atoms with Crippen molar-refractivity contribution in [1.29, 1.82) is 0 Å². The number of benzene rings is 1. The second kappa shape index (κ2) is 4.88. The van der Waals surface area contributed by atoms with E-state index in [1.807, 2.05) is 12.1 Å². The first-order chi connectivity index (χ1) is 7.27. The summed E-state index contributed by atoms with van der Waals surface area (Å²) >= 11 is 7.66. The molecule has 0 bridgehead atoms. The molecule has 2 N–H and O–H groups in total. The van der Waals surface area contributed by atoms with Crippen LogP contribution in [0, 0.1) is 0 Å². The minimum atomic E-state index is -0.105. The average molecular weight is 243 g/mol. The normalized spacial score (nSPS) is 20.2. The maximum atomic E-state index is 11.7. The quantitative estimate of drug-likeness (QED) is 0.833. The predicted octanol–water partition coefficient (Wildman–Crippen LogP) is 1.94. The summed E-state index contributed by atoms with van der Waals surface area (Å²) in [5.41, 5.74) is 0.669. The van der Waals surface area contributed by atoms with Crippen molar-refractivity contribution in [2.24, 2.45) is 0 Å². The first kappa shape index (κ1) is 10.8. The van der Waals surface area contributed by atoms with Crippen molar-refractivity contribution in [3.05, 3.63) is 29.3 Å². The molecule has 1 saturated heterocycles. The molecule has 0 aromatic heterocycles. The van der Waals surface area contributed by atoms with Gasteiger partial charge >= 0.3 is 0 Å². The van der Waals surface area contributed by atoms with Crippen LogP contribution in [0.2, 0.25) is 5.02 Å². The van der Waals surface area contributed by atoms with Crippen LogP contribution in [0.3, 0.4) is 0 Å². The highest BCUT2D eigenvalue weighted by Gasteiger charge is 2.22. The van der Waals surface area contributed by atoms with Gasteiger partial charge in [0.15, 0.2) is 0 Å². The zero-order chi connectivity index (χ0) is 10.7. The van der Waals surface area contributed by atoms with Gasteiger partial charge in [0.25, 0.3) is 0 Å². The van der Waals surface area contributed by atoms with E-state index in [4.69, 9.17) is 11.6 Å². The van der Waals surface area contributed by atoms with Crippen molar-refractivity contribution in [2.45, 2.75) is 6.04 Å². The Morgan fingerprint density at radius 3 is 3.00 bits per heavy atom. The number of rotatable bonds is 2. The Hall–Kier alpha value is -0.710. The van der Waals surface area contributed by atoms with Crippen LogP contribution in [-0.2, 0) is 4.79 Å². The van der Waals surface area contributed by atoms with Gasteiger partial charge in [-0.3, -0.25) is 10.1 Å². The van der Waals surface area contributed by atoms with Crippen LogP contribution in [0.1, 0.15) is 0 Å². The van der Waals surface area contributed by atoms with Crippen molar-refractivity contribution < 1.29 is 4.79 Å². The molecular weight excluding hydrogens is 232 g/mol. The van der Waals surface area contributed by atoms with Crippen LogP contribution < -0.4 is 10.6 Å². The number of para-hydroxylation sites is 1. The van der Waals surface area contributed by atoms with E-state index in [1.54, 1.807) is 23.9 Å². The summed E-state index contributed by atoms with van der Waals surface area (Å²) in [6.07, 6.45) is 0. The van der Waals surface area contributed by atoms with Gasteiger partial charge in [-0.1, -0.05) is 23.7 Å². The molecule has 2 rings (SSSR count). The van der Waals surface area contributed by atoms with Gasteiger partial charge in [-0.2, -0.15) is 0 Å². The van der Waals surface area contributed by atoms with Crippen molar-refractivity contribution in [3.8, 4) is 0 Å². The van der Waals surface area contributed by atoms with Crippen molar-refractivity contribution in [2.75, 3.05) is 16.9 Å². The van der Waals surface area contributed by atoms with Crippen LogP contribution in [0.25, 0.3) is 0 Å². The maximum absolute atomic E-state index is 11.7. The number of anilines is 1. The van der Waals surface area contributed by atoms with Gasteiger partial charge in [0.2, 0.25) is 5.91 Å². The fraction of sp³-hybridized carbons (Fsp3) is 0.300. The molecule has 1 amide bonds. The van der Waals surface area contributed by atoms with E-state index in [0.29, 0.717) is 10.7 Å². The Morgan fingerprint density at radius 1 is 1.53 bits per heavy atom. The molecule has 0 aliphatic carbocycles. The number of thioether (sulfide) groups is 1. The third-order valence-electron chi connectivity index (χ3n) is 2.16. The van der Waals surface area contributed by atoms with Crippen molar-refractivity contribution in [1.82, 2.24) is 5.32 Å². The molecule has 0 unspecified atom stereocenters. The lowest BCUT2D eigenvalue weighted by atomic mass is 10.2. The number of carbonyl (C=O) groups is 1. The molecule has 15 heavy (non-hydrogen) atoms. The molecule has 5 heteroatoms. The highest BCUT2D eigenvalue weighted by atomic mass is 35.5. The van der Waals surface area contributed by atoms with Gasteiger partial charge in [-0.15, -0.1) is 11.8 Å². The van der Waals surface area contributed by atoms with Gasteiger partial charge in [-0.05, 0) is 12.1 Å². The summed E-state index contributed by atoms with van der Waals surface area (Å²) in [4.78, 5) is 11.7. The molecule has 1 heterocycles. The summed E-state index contributed by atoms with van der Waals surface area (Å²) in [5, 5.41) is 6.48. The molecule has 0 spiro atoms. The van der Waals surface area contributed by atoms with Gasteiger partial charge in [0, 0.05) is 11.6 Å². The highest BCUT2D eigenvalue weighted by Crippen LogP contribution is 2.21. The molecule has 1 aliphatic heterocycles. The van der Waals surface area contributed by atoms with Crippen LogP contribution in [-0.4, -0.2) is 23.6 Å². The third kappa shape index (κ3) is 2.65. The lowest BCUT2D eigenvalue weighted by Gasteiger charge is -2.11. The molecule has 0 radical (unpaired) electrons.